The Hall–Kier alpha value is -1.43. The highest BCUT2D eigenvalue weighted by Crippen LogP contribution is 2.12. The molecule has 0 saturated heterocycles. The average molecular weight is 239 g/mol. The molecule has 0 radical (unpaired) electrons. The molecule has 1 rings (SSSR count). The van der Waals surface area contributed by atoms with Gasteiger partial charge in [0.1, 0.15) is 6.04 Å². The number of nitrogens with two attached hydrogens (primary N) is 1. The lowest BCUT2D eigenvalue weighted by Crippen LogP contribution is -2.31. The summed E-state index contributed by atoms with van der Waals surface area (Å²) < 4.78 is 1.55. The summed E-state index contributed by atoms with van der Waals surface area (Å²) in [6, 6.07) is -0.471. The highest BCUT2D eigenvalue weighted by molar-refractivity contribution is 5.79. The van der Waals surface area contributed by atoms with Gasteiger partial charge in [-0.15, -0.1) is 5.10 Å². The largest absolute Gasteiger partial charge is 0.354 e. The zero-order valence-electron chi connectivity index (χ0n) is 10.7. The van der Waals surface area contributed by atoms with Crippen molar-refractivity contribution in [1.29, 1.82) is 0 Å². The number of aromatic nitrogens is 3. The molecule has 0 aromatic carbocycles. The summed E-state index contributed by atoms with van der Waals surface area (Å²) in [6.45, 7) is 6.47. The molecule has 1 amide bonds. The van der Waals surface area contributed by atoms with Crippen LogP contribution in [0.25, 0.3) is 0 Å². The lowest BCUT2D eigenvalue weighted by molar-refractivity contribution is -0.124. The summed E-state index contributed by atoms with van der Waals surface area (Å²) in [5, 5.41) is 10.7. The van der Waals surface area contributed by atoms with E-state index in [1.54, 1.807) is 17.8 Å². The minimum absolute atomic E-state index is 0.0478. The Bertz CT molecular complexity index is 362. The van der Waals surface area contributed by atoms with E-state index in [1.807, 2.05) is 13.8 Å². The predicted octanol–water partition coefficient (Wildman–Crippen LogP) is 0.775. The first-order valence-electron chi connectivity index (χ1n) is 6.05. The van der Waals surface area contributed by atoms with Crippen LogP contribution in [0.3, 0.4) is 0 Å². The van der Waals surface area contributed by atoms with Crippen molar-refractivity contribution in [3.63, 3.8) is 0 Å². The third-order valence-electron chi connectivity index (χ3n) is 2.67. The summed E-state index contributed by atoms with van der Waals surface area (Å²) in [5.74, 6) is -0.0478. The van der Waals surface area contributed by atoms with Crippen LogP contribution in [0.4, 0.5) is 0 Å². The smallest absolute Gasteiger partial charge is 0.244 e. The second kappa shape index (κ2) is 6.34. The van der Waals surface area contributed by atoms with Crippen molar-refractivity contribution in [3.05, 3.63) is 11.9 Å². The molecule has 1 aromatic rings. The van der Waals surface area contributed by atoms with Gasteiger partial charge in [0, 0.05) is 6.54 Å². The molecule has 0 spiro atoms. The monoisotopic (exact) mass is 239 g/mol. The van der Waals surface area contributed by atoms with Crippen molar-refractivity contribution in [2.75, 3.05) is 6.54 Å². The third-order valence-corrected chi connectivity index (χ3v) is 2.67. The normalized spacial score (nSPS) is 14.4. The third kappa shape index (κ3) is 3.52. The van der Waals surface area contributed by atoms with Crippen molar-refractivity contribution < 1.29 is 4.79 Å². The maximum Gasteiger partial charge on any atom is 0.244 e. The fourth-order valence-electron chi connectivity index (χ4n) is 1.37. The zero-order chi connectivity index (χ0) is 12.8. The molecule has 0 bridgehead atoms. The molecule has 6 heteroatoms. The maximum absolute atomic E-state index is 11.7. The van der Waals surface area contributed by atoms with Crippen LogP contribution in [0.2, 0.25) is 0 Å². The fraction of sp³-hybridized carbons (Fsp3) is 0.727. The van der Waals surface area contributed by atoms with Crippen molar-refractivity contribution in [2.45, 2.75) is 45.7 Å². The number of nitrogens with zero attached hydrogens (tertiary/aromatic N) is 3. The topological polar surface area (TPSA) is 85.8 Å². The van der Waals surface area contributed by atoms with E-state index in [9.17, 15) is 4.79 Å². The Kier molecular flexibility index (Phi) is 5.09. The molecule has 2 atom stereocenters. The van der Waals surface area contributed by atoms with Crippen LogP contribution in [0.1, 0.15) is 51.4 Å². The predicted molar refractivity (Wildman–Crippen MR) is 65.3 cm³/mol. The first-order chi connectivity index (χ1) is 8.10. The molecule has 0 fully saturated rings. The SMILES string of the molecule is CCCNC(=O)C(C)n1cc(C(N)CC)nn1. The number of carbonyl (C=O) groups excluding carboxylic acids is 1. The van der Waals surface area contributed by atoms with E-state index in [0.717, 1.165) is 18.5 Å². The number of rotatable bonds is 6. The molecule has 1 aromatic heterocycles. The van der Waals surface area contributed by atoms with Gasteiger partial charge < -0.3 is 11.1 Å². The van der Waals surface area contributed by atoms with Gasteiger partial charge in [-0.25, -0.2) is 4.68 Å². The van der Waals surface area contributed by atoms with Crippen molar-refractivity contribution >= 4 is 5.91 Å². The second-order valence-corrected chi connectivity index (χ2v) is 4.11. The van der Waals surface area contributed by atoms with Gasteiger partial charge in [-0.1, -0.05) is 19.1 Å². The molecule has 3 N–H and O–H groups in total. The number of hydrogen-bond donors (Lipinski definition) is 2. The van der Waals surface area contributed by atoms with Gasteiger partial charge in [0.15, 0.2) is 0 Å². The van der Waals surface area contributed by atoms with Crippen LogP contribution >= 0.6 is 0 Å². The molecule has 96 valence electrons. The molecule has 0 saturated carbocycles. The van der Waals surface area contributed by atoms with Crippen LogP contribution in [0.15, 0.2) is 6.20 Å². The quantitative estimate of drug-likeness (QED) is 0.768. The van der Waals surface area contributed by atoms with Gasteiger partial charge in [-0.05, 0) is 19.8 Å². The summed E-state index contributed by atoms with van der Waals surface area (Å²) >= 11 is 0. The molecular formula is C11H21N5O. The lowest BCUT2D eigenvalue weighted by Gasteiger charge is -2.11. The van der Waals surface area contributed by atoms with Gasteiger partial charge >= 0.3 is 0 Å². The molecule has 6 nitrogen and oxygen atoms in total. The molecule has 0 aliphatic carbocycles. The zero-order valence-corrected chi connectivity index (χ0v) is 10.7. The molecule has 0 aliphatic rings. The molecule has 0 aliphatic heterocycles. The molecular weight excluding hydrogens is 218 g/mol. The van der Waals surface area contributed by atoms with Gasteiger partial charge in [-0.3, -0.25) is 4.79 Å². The van der Waals surface area contributed by atoms with Crippen LogP contribution in [0.5, 0.6) is 0 Å². The van der Waals surface area contributed by atoms with Crippen LogP contribution in [0, 0.1) is 0 Å². The van der Waals surface area contributed by atoms with E-state index in [1.165, 1.54) is 0 Å². The summed E-state index contributed by atoms with van der Waals surface area (Å²) in [4.78, 5) is 11.7. The minimum atomic E-state index is -0.355. The van der Waals surface area contributed by atoms with E-state index >= 15 is 0 Å². The Balaban J connectivity index is 2.66. The lowest BCUT2D eigenvalue weighted by atomic mass is 10.2. The number of hydrogen-bond acceptors (Lipinski definition) is 4. The molecule has 17 heavy (non-hydrogen) atoms. The fourth-order valence-corrected chi connectivity index (χ4v) is 1.37. The Labute approximate surface area is 102 Å². The van der Waals surface area contributed by atoms with E-state index < -0.39 is 0 Å². The van der Waals surface area contributed by atoms with E-state index in [2.05, 4.69) is 15.6 Å². The molecule has 2 unspecified atom stereocenters. The average Bonchev–Trinajstić information content (AvgIpc) is 2.83. The van der Waals surface area contributed by atoms with Crippen LogP contribution < -0.4 is 11.1 Å². The van der Waals surface area contributed by atoms with Crippen LogP contribution in [-0.4, -0.2) is 27.4 Å². The summed E-state index contributed by atoms with van der Waals surface area (Å²) in [7, 11) is 0. The summed E-state index contributed by atoms with van der Waals surface area (Å²) in [6.07, 6.45) is 3.46. The highest BCUT2D eigenvalue weighted by Gasteiger charge is 2.17. The van der Waals surface area contributed by atoms with Crippen molar-refractivity contribution in [3.8, 4) is 0 Å². The standard InChI is InChI=1S/C11H21N5O/c1-4-6-13-11(17)8(3)16-7-10(14-15-16)9(12)5-2/h7-9H,4-6,12H2,1-3H3,(H,13,17). The Morgan fingerprint density at radius 1 is 1.59 bits per heavy atom. The Morgan fingerprint density at radius 3 is 2.88 bits per heavy atom. The van der Waals surface area contributed by atoms with E-state index in [0.29, 0.717) is 6.54 Å². The first-order valence-corrected chi connectivity index (χ1v) is 6.05. The Morgan fingerprint density at radius 2 is 2.29 bits per heavy atom. The van der Waals surface area contributed by atoms with Gasteiger partial charge in [-0.2, -0.15) is 0 Å². The molecule has 1 heterocycles. The number of amides is 1. The summed E-state index contributed by atoms with van der Waals surface area (Å²) in [5.41, 5.74) is 6.57. The van der Waals surface area contributed by atoms with Gasteiger partial charge in [0.05, 0.1) is 17.9 Å². The second-order valence-electron chi connectivity index (χ2n) is 4.11. The van der Waals surface area contributed by atoms with Crippen molar-refractivity contribution in [1.82, 2.24) is 20.3 Å². The van der Waals surface area contributed by atoms with Crippen LogP contribution in [-0.2, 0) is 4.79 Å². The minimum Gasteiger partial charge on any atom is -0.354 e. The van der Waals surface area contributed by atoms with Crippen molar-refractivity contribution in [2.24, 2.45) is 5.73 Å². The van der Waals surface area contributed by atoms with E-state index in [4.69, 9.17) is 5.73 Å². The van der Waals surface area contributed by atoms with E-state index in [-0.39, 0.29) is 18.0 Å². The number of nitrogens with one attached hydrogen (secondary N) is 1. The van der Waals surface area contributed by atoms with Gasteiger partial charge in [0.2, 0.25) is 5.91 Å². The number of carbonyl (C=O) groups is 1. The highest BCUT2D eigenvalue weighted by atomic mass is 16.2. The first kappa shape index (κ1) is 13.6. The van der Waals surface area contributed by atoms with Gasteiger partial charge in [0.25, 0.3) is 0 Å². The maximum atomic E-state index is 11.7.